The number of amides is 1. The van der Waals surface area contributed by atoms with Crippen LogP contribution in [-0.4, -0.2) is 26.8 Å². The van der Waals surface area contributed by atoms with E-state index in [0.717, 1.165) is 46.5 Å². The highest BCUT2D eigenvalue weighted by Crippen LogP contribution is 2.40. The monoisotopic (exact) mass is 418 g/mol. The molecule has 0 bridgehead atoms. The highest BCUT2D eigenvalue weighted by Gasteiger charge is 2.27. The van der Waals surface area contributed by atoms with Crippen LogP contribution in [0.2, 0.25) is 0 Å². The predicted octanol–water partition coefficient (Wildman–Crippen LogP) is 4.88. The van der Waals surface area contributed by atoms with E-state index >= 15 is 0 Å². The third-order valence-electron chi connectivity index (χ3n) is 6.76. The summed E-state index contributed by atoms with van der Waals surface area (Å²) >= 11 is 0. The standard InChI is InChI=1S/C25H30N4O2/c1-3-18(4-2)29(12-15-5-7-16(8-6-15)17-9-10-17)25(30)22-11-21-23(27-22)19-13-31-14-20(19)24(26)28-21/h5-8,11,17-18,27H,3-4,9-10,12-14H2,1-2H3,(H2,26,28). The fourth-order valence-electron chi connectivity index (χ4n) is 4.71. The van der Waals surface area contributed by atoms with E-state index in [9.17, 15) is 4.79 Å². The zero-order chi connectivity index (χ0) is 21.5. The lowest BCUT2D eigenvalue weighted by Crippen LogP contribution is -2.39. The predicted molar refractivity (Wildman–Crippen MR) is 122 cm³/mol. The van der Waals surface area contributed by atoms with Gasteiger partial charge in [-0.1, -0.05) is 38.1 Å². The van der Waals surface area contributed by atoms with Gasteiger partial charge in [0.1, 0.15) is 11.5 Å². The minimum Gasteiger partial charge on any atom is -0.383 e. The number of carbonyl (C=O) groups is 1. The van der Waals surface area contributed by atoms with Gasteiger partial charge < -0.3 is 20.4 Å². The number of carbonyl (C=O) groups excluding carboxylic acids is 1. The van der Waals surface area contributed by atoms with Crippen molar-refractivity contribution in [3.63, 3.8) is 0 Å². The van der Waals surface area contributed by atoms with Crippen LogP contribution < -0.4 is 5.73 Å². The molecule has 1 amide bonds. The number of H-pyrrole nitrogens is 1. The number of nitrogens with zero attached hydrogens (tertiary/aromatic N) is 2. The summed E-state index contributed by atoms with van der Waals surface area (Å²) in [5, 5.41) is 0. The van der Waals surface area contributed by atoms with E-state index in [2.05, 4.69) is 48.1 Å². The van der Waals surface area contributed by atoms with Crippen molar-refractivity contribution < 1.29 is 9.53 Å². The highest BCUT2D eigenvalue weighted by atomic mass is 16.5. The van der Waals surface area contributed by atoms with Crippen LogP contribution in [0, 0.1) is 0 Å². The Hall–Kier alpha value is -2.86. The molecule has 162 valence electrons. The van der Waals surface area contributed by atoms with Crippen molar-refractivity contribution in [1.29, 1.82) is 0 Å². The van der Waals surface area contributed by atoms with Gasteiger partial charge in [0.2, 0.25) is 0 Å². The number of fused-ring (bicyclic) bond motifs is 3. The van der Waals surface area contributed by atoms with Crippen LogP contribution in [0.15, 0.2) is 30.3 Å². The Morgan fingerprint density at radius 2 is 1.90 bits per heavy atom. The molecule has 1 aromatic carbocycles. The second-order valence-electron chi connectivity index (χ2n) is 8.81. The van der Waals surface area contributed by atoms with Gasteiger partial charge in [-0.3, -0.25) is 4.79 Å². The van der Waals surface area contributed by atoms with Gasteiger partial charge in [-0.15, -0.1) is 0 Å². The number of aromatic amines is 1. The van der Waals surface area contributed by atoms with Gasteiger partial charge in [-0.2, -0.15) is 0 Å². The van der Waals surface area contributed by atoms with Gasteiger partial charge in [0, 0.05) is 23.7 Å². The van der Waals surface area contributed by atoms with Gasteiger partial charge in [0.15, 0.2) is 0 Å². The van der Waals surface area contributed by atoms with E-state index in [-0.39, 0.29) is 11.9 Å². The molecule has 0 saturated heterocycles. The number of nitrogen functional groups attached to an aromatic ring is 1. The van der Waals surface area contributed by atoms with Crippen LogP contribution in [-0.2, 0) is 24.5 Å². The lowest BCUT2D eigenvalue weighted by Gasteiger charge is -2.30. The number of ether oxygens (including phenoxy) is 1. The Morgan fingerprint density at radius 3 is 2.58 bits per heavy atom. The molecular weight excluding hydrogens is 388 g/mol. The van der Waals surface area contributed by atoms with Crippen LogP contribution in [0.25, 0.3) is 11.0 Å². The number of anilines is 1. The van der Waals surface area contributed by atoms with E-state index in [1.165, 1.54) is 18.4 Å². The van der Waals surface area contributed by atoms with Crippen molar-refractivity contribution in [2.24, 2.45) is 0 Å². The van der Waals surface area contributed by atoms with Gasteiger partial charge >= 0.3 is 0 Å². The quantitative estimate of drug-likeness (QED) is 0.572. The summed E-state index contributed by atoms with van der Waals surface area (Å²) in [7, 11) is 0. The Balaban J connectivity index is 1.46. The first kappa shape index (κ1) is 20.1. The zero-order valence-corrected chi connectivity index (χ0v) is 18.3. The van der Waals surface area contributed by atoms with Crippen LogP contribution in [0.1, 0.15) is 78.2 Å². The van der Waals surface area contributed by atoms with Gasteiger partial charge in [-0.25, -0.2) is 4.98 Å². The fourth-order valence-corrected chi connectivity index (χ4v) is 4.71. The van der Waals surface area contributed by atoms with Crippen LogP contribution in [0.5, 0.6) is 0 Å². The lowest BCUT2D eigenvalue weighted by molar-refractivity contribution is 0.0644. The molecule has 1 aliphatic heterocycles. The fraction of sp³-hybridized carbons (Fsp3) is 0.440. The molecule has 31 heavy (non-hydrogen) atoms. The largest absolute Gasteiger partial charge is 0.383 e. The lowest BCUT2D eigenvalue weighted by atomic mass is 10.1. The summed E-state index contributed by atoms with van der Waals surface area (Å²) < 4.78 is 5.57. The molecule has 0 atom stereocenters. The van der Waals surface area contributed by atoms with Crippen molar-refractivity contribution in [1.82, 2.24) is 14.9 Å². The molecule has 1 aliphatic carbocycles. The number of rotatable bonds is 7. The van der Waals surface area contributed by atoms with Crippen molar-refractivity contribution >= 4 is 22.8 Å². The molecular formula is C25H30N4O2. The third kappa shape index (κ3) is 3.69. The molecule has 0 spiro atoms. The van der Waals surface area contributed by atoms with E-state index in [0.29, 0.717) is 31.3 Å². The second-order valence-corrected chi connectivity index (χ2v) is 8.81. The Bertz CT molecular complexity index is 1110. The Kier molecular flexibility index (Phi) is 5.18. The summed E-state index contributed by atoms with van der Waals surface area (Å²) in [5.41, 5.74) is 12.8. The smallest absolute Gasteiger partial charge is 0.270 e. The third-order valence-corrected chi connectivity index (χ3v) is 6.76. The van der Waals surface area contributed by atoms with Gasteiger partial charge in [-0.05, 0) is 48.8 Å². The number of nitrogens with one attached hydrogen (secondary N) is 1. The maximum Gasteiger partial charge on any atom is 0.270 e. The SMILES string of the molecule is CCC(CC)N(Cc1ccc(C2CC2)cc1)C(=O)c1cc2nc(N)c3c(c2[nH]1)COC3. The first-order valence-electron chi connectivity index (χ1n) is 11.4. The van der Waals surface area contributed by atoms with Gasteiger partial charge in [0.25, 0.3) is 5.91 Å². The van der Waals surface area contributed by atoms with Crippen LogP contribution in [0.4, 0.5) is 5.82 Å². The first-order chi connectivity index (χ1) is 15.1. The molecule has 1 fully saturated rings. The number of nitrogens with two attached hydrogens (primary N) is 1. The summed E-state index contributed by atoms with van der Waals surface area (Å²) in [6, 6.07) is 10.8. The normalized spacial score (nSPS) is 15.6. The molecule has 6 heteroatoms. The molecule has 1 saturated carbocycles. The zero-order valence-electron chi connectivity index (χ0n) is 18.3. The minimum atomic E-state index is 0.00389. The van der Waals surface area contributed by atoms with E-state index < -0.39 is 0 Å². The molecule has 2 aliphatic rings. The maximum absolute atomic E-state index is 13.7. The van der Waals surface area contributed by atoms with Gasteiger partial charge in [0.05, 0.1) is 24.2 Å². The van der Waals surface area contributed by atoms with Crippen molar-refractivity contribution in [3.8, 4) is 0 Å². The summed E-state index contributed by atoms with van der Waals surface area (Å²) in [6.45, 7) is 5.85. The average Bonchev–Trinajstić information content (AvgIpc) is 3.34. The van der Waals surface area contributed by atoms with Crippen molar-refractivity contribution in [2.75, 3.05) is 5.73 Å². The summed E-state index contributed by atoms with van der Waals surface area (Å²) in [4.78, 5) is 23.5. The number of hydrogen-bond donors (Lipinski definition) is 2. The molecule has 5 rings (SSSR count). The van der Waals surface area contributed by atoms with Crippen LogP contribution >= 0.6 is 0 Å². The van der Waals surface area contributed by atoms with Crippen molar-refractivity contribution in [3.05, 3.63) is 58.3 Å². The number of benzene rings is 1. The molecule has 3 heterocycles. The highest BCUT2D eigenvalue weighted by molar-refractivity contribution is 5.98. The molecule has 0 unspecified atom stereocenters. The van der Waals surface area contributed by atoms with Crippen molar-refractivity contribution in [2.45, 2.75) is 71.2 Å². The van der Waals surface area contributed by atoms with E-state index in [4.69, 9.17) is 10.5 Å². The van der Waals surface area contributed by atoms with E-state index in [1.807, 2.05) is 11.0 Å². The topological polar surface area (TPSA) is 84.2 Å². The number of aromatic nitrogens is 2. The number of pyridine rings is 1. The molecule has 3 aromatic rings. The molecule has 2 aromatic heterocycles. The molecule has 3 N–H and O–H groups in total. The van der Waals surface area contributed by atoms with E-state index in [1.54, 1.807) is 0 Å². The summed E-state index contributed by atoms with van der Waals surface area (Å²) in [5.74, 6) is 1.23. The Labute approximate surface area is 182 Å². The first-order valence-corrected chi connectivity index (χ1v) is 11.4. The summed E-state index contributed by atoms with van der Waals surface area (Å²) in [6.07, 6.45) is 4.42. The molecule has 0 radical (unpaired) electrons. The maximum atomic E-state index is 13.7. The average molecular weight is 419 g/mol. The van der Waals surface area contributed by atoms with Crippen LogP contribution in [0.3, 0.4) is 0 Å². The number of hydrogen-bond acceptors (Lipinski definition) is 4. The minimum absolute atomic E-state index is 0.00389. The second kappa shape index (κ2) is 8.00. The molecule has 6 nitrogen and oxygen atoms in total. The Morgan fingerprint density at radius 1 is 1.19 bits per heavy atom.